The Labute approximate surface area is 121 Å². The molecule has 0 spiro atoms. The lowest BCUT2D eigenvalue weighted by atomic mass is 10.0. The Kier molecular flexibility index (Phi) is 3.65. The summed E-state index contributed by atoms with van der Waals surface area (Å²) >= 11 is 0. The van der Waals surface area contributed by atoms with Crippen molar-refractivity contribution in [2.75, 3.05) is 26.2 Å². The summed E-state index contributed by atoms with van der Waals surface area (Å²) in [6, 6.07) is 5.38. The van der Waals surface area contributed by atoms with Crippen LogP contribution in [-0.2, 0) is 17.5 Å². The number of fused-ring (bicyclic) bond motifs is 1. The standard InChI is InChI=1S/C15H17F3N2O/c16-15(17,18)14-3-1-11(2-4-14)5-19-6-12-8-20(10-21)9-13(12)7-19/h1-4,10,12-13H,5-9H2. The third kappa shape index (κ3) is 3.05. The molecule has 0 N–H and O–H groups in total. The van der Waals surface area contributed by atoms with Gasteiger partial charge in [-0.2, -0.15) is 13.2 Å². The van der Waals surface area contributed by atoms with Crippen molar-refractivity contribution in [3.05, 3.63) is 35.4 Å². The summed E-state index contributed by atoms with van der Waals surface area (Å²) in [4.78, 5) is 14.8. The first-order valence-corrected chi connectivity index (χ1v) is 7.03. The summed E-state index contributed by atoms with van der Waals surface area (Å²) < 4.78 is 37.5. The second-order valence-corrected chi connectivity index (χ2v) is 5.97. The van der Waals surface area contributed by atoms with E-state index in [4.69, 9.17) is 0 Å². The zero-order valence-corrected chi connectivity index (χ0v) is 11.5. The SMILES string of the molecule is O=CN1CC2CN(Cc3ccc(C(F)(F)F)cc3)CC2C1. The maximum absolute atomic E-state index is 12.5. The fraction of sp³-hybridized carbons (Fsp3) is 0.533. The third-order valence-electron chi connectivity index (χ3n) is 4.43. The summed E-state index contributed by atoms with van der Waals surface area (Å²) in [6.45, 7) is 4.10. The van der Waals surface area contributed by atoms with Gasteiger partial charge in [-0.3, -0.25) is 9.69 Å². The first kappa shape index (κ1) is 14.4. The minimum absolute atomic E-state index is 0.504. The van der Waals surface area contributed by atoms with Gasteiger partial charge in [0, 0.05) is 32.7 Å². The van der Waals surface area contributed by atoms with Crippen molar-refractivity contribution in [2.45, 2.75) is 12.7 Å². The Morgan fingerprint density at radius 1 is 1.05 bits per heavy atom. The molecular weight excluding hydrogens is 281 g/mol. The van der Waals surface area contributed by atoms with Gasteiger partial charge < -0.3 is 4.90 Å². The van der Waals surface area contributed by atoms with Crippen LogP contribution >= 0.6 is 0 Å². The molecule has 2 unspecified atom stereocenters. The van der Waals surface area contributed by atoms with E-state index in [-0.39, 0.29) is 0 Å². The molecule has 0 aliphatic carbocycles. The van der Waals surface area contributed by atoms with Gasteiger partial charge in [-0.25, -0.2) is 0 Å². The molecule has 1 aromatic carbocycles. The van der Waals surface area contributed by atoms with E-state index in [1.54, 1.807) is 12.1 Å². The van der Waals surface area contributed by atoms with Crippen LogP contribution in [0.3, 0.4) is 0 Å². The van der Waals surface area contributed by atoms with E-state index in [0.717, 1.165) is 50.3 Å². The van der Waals surface area contributed by atoms with Crippen LogP contribution in [0, 0.1) is 11.8 Å². The van der Waals surface area contributed by atoms with Crippen molar-refractivity contribution in [3.8, 4) is 0 Å². The summed E-state index contributed by atoms with van der Waals surface area (Å²) in [5.74, 6) is 1.01. The predicted octanol–water partition coefficient (Wildman–Crippen LogP) is 2.23. The summed E-state index contributed by atoms with van der Waals surface area (Å²) in [6.07, 6.45) is -3.37. The highest BCUT2D eigenvalue weighted by molar-refractivity contribution is 5.47. The smallest absolute Gasteiger partial charge is 0.345 e. The van der Waals surface area contributed by atoms with Crippen LogP contribution in [0.15, 0.2) is 24.3 Å². The van der Waals surface area contributed by atoms with E-state index in [1.165, 1.54) is 0 Å². The van der Waals surface area contributed by atoms with Gasteiger partial charge >= 0.3 is 6.18 Å². The molecule has 0 bridgehead atoms. The van der Waals surface area contributed by atoms with Crippen LogP contribution in [0.25, 0.3) is 0 Å². The van der Waals surface area contributed by atoms with Crippen LogP contribution < -0.4 is 0 Å². The number of rotatable bonds is 3. The second kappa shape index (κ2) is 5.33. The molecular formula is C15H17F3N2O. The number of nitrogens with zero attached hydrogens (tertiary/aromatic N) is 2. The van der Waals surface area contributed by atoms with Crippen molar-refractivity contribution < 1.29 is 18.0 Å². The van der Waals surface area contributed by atoms with Crippen molar-refractivity contribution in [3.63, 3.8) is 0 Å². The van der Waals surface area contributed by atoms with Gasteiger partial charge in [0.1, 0.15) is 0 Å². The molecule has 2 fully saturated rings. The van der Waals surface area contributed by atoms with Gasteiger partial charge in [0.2, 0.25) is 6.41 Å². The molecule has 2 atom stereocenters. The van der Waals surface area contributed by atoms with Crippen molar-refractivity contribution in [1.29, 1.82) is 0 Å². The Hall–Kier alpha value is -1.56. The number of alkyl halides is 3. The summed E-state index contributed by atoms with van der Waals surface area (Å²) in [7, 11) is 0. The normalized spacial score (nSPS) is 26.1. The number of likely N-dealkylation sites (tertiary alicyclic amines) is 2. The highest BCUT2D eigenvalue weighted by Gasteiger charge is 2.39. The molecule has 3 rings (SSSR count). The van der Waals surface area contributed by atoms with Gasteiger partial charge in [-0.15, -0.1) is 0 Å². The molecule has 0 saturated carbocycles. The molecule has 6 heteroatoms. The summed E-state index contributed by atoms with van der Waals surface area (Å²) in [5, 5.41) is 0. The van der Waals surface area contributed by atoms with E-state index < -0.39 is 11.7 Å². The lowest BCUT2D eigenvalue weighted by Gasteiger charge is -2.19. The minimum atomic E-state index is -4.28. The molecule has 0 aromatic heterocycles. The van der Waals surface area contributed by atoms with E-state index in [1.807, 2.05) is 4.90 Å². The minimum Gasteiger partial charge on any atom is -0.345 e. The Morgan fingerprint density at radius 3 is 2.10 bits per heavy atom. The number of amides is 1. The predicted molar refractivity (Wildman–Crippen MR) is 71.3 cm³/mol. The molecule has 1 amide bonds. The van der Waals surface area contributed by atoms with E-state index in [9.17, 15) is 18.0 Å². The Balaban J connectivity index is 1.58. The van der Waals surface area contributed by atoms with Crippen molar-refractivity contribution in [2.24, 2.45) is 11.8 Å². The largest absolute Gasteiger partial charge is 0.416 e. The molecule has 1 aromatic rings. The zero-order valence-electron chi connectivity index (χ0n) is 11.5. The van der Waals surface area contributed by atoms with Gasteiger partial charge in [-0.1, -0.05) is 12.1 Å². The molecule has 2 saturated heterocycles. The fourth-order valence-corrected chi connectivity index (χ4v) is 3.40. The van der Waals surface area contributed by atoms with Crippen molar-refractivity contribution >= 4 is 6.41 Å². The molecule has 3 nitrogen and oxygen atoms in total. The van der Waals surface area contributed by atoms with Gasteiger partial charge in [0.15, 0.2) is 0 Å². The average Bonchev–Trinajstić information content (AvgIpc) is 2.95. The van der Waals surface area contributed by atoms with Crippen LogP contribution in [0.5, 0.6) is 0 Å². The first-order chi connectivity index (χ1) is 9.95. The Morgan fingerprint density at radius 2 is 1.62 bits per heavy atom. The van der Waals surface area contributed by atoms with Crippen molar-refractivity contribution in [1.82, 2.24) is 9.80 Å². The third-order valence-corrected chi connectivity index (χ3v) is 4.43. The zero-order chi connectivity index (χ0) is 15.0. The number of carbonyl (C=O) groups is 1. The van der Waals surface area contributed by atoms with E-state index in [2.05, 4.69) is 4.90 Å². The van der Waals surface area contributed by atoms with Crippen LogP contribution in [0.4, 0.5) is 13.2 Å². The van der Waals surface area contributed by atoms with Crippen LogP contribution in [0.2, 0.25) is 0 Å². The lowest BCUT2D eigenvalue weighted by molar-refractivity contribution is -0.137. The Bertz CT molecular complexity index is 501. The maximum Gasteiger partial charge on any atom is 0.416 e. The fourth-order valence-electron chi connectivity index (χ4n) is 3.40. The topological polar surface area (TPSA) is 23.6 Å². The number of hydrogen-bond acceptors (Lipinski definition) is 2. The molecule has 0 radical (unpaired) electrons. The highest BCUT2D eigenvalue weighted by Crippen LogP contribution is 2.32. The van der Waals surface area contributed by atoms with E-state index in [0.29, 0.717) is 18.4 Å². The van der Waals surface area contributed by atoms with Crippen LogP contribution in [0.1, 0.15) is 11.1 Å². The molecule has 114 valence electrons. The summed E-state index contributed by atoms with van der Waals surface area (Å²) in [5.41, 5.74) is 0.293. The number of halogens is 3. The lowest BCUT2D eigenvalue weighted by Crippen LogP contribution is -2.27. The first-order valence-electron chi connectivity index (χ1n) is 7.03. The molecule has 2 aliphatic heterocycles. The number of carbonyl (C=O) groups excluding carboxylic acids is 1. The second-order valence-electron chi connectivity index (χ2n) is 5.97. The molecule has 21 heavy (non-hydrogen) atoms. The highest BCUT2D eigenvalue weighted by atomic mass is 19.4. The van der Waals surface area contributed by atoms with Gasteiger partial charge in [0.05, 0.1) is 5.56 Å². The van der Waals surface area contributed by atoms with E-state index >= 15 is 0 Å². The maximum atomic E-state index is 12.5. The van der Waals surface area contributed by atoms with Gasteiger partial charge in [-0.05, 0) is 29.5 Å². The molecule has 2 aliphatic rings. The number of benzene rings is 1. The molecule has 2 heterocycles. The number of hydrogen-bond donors (Lipinski definition) is 0. The average molecular weight is 298 g/mol. The quantitative estimate of drug-likeness (QED) is 0.799. The van der Waals surface area contributed by atoms with Crippen LogP contribution in [-0.4, -0.2) is 42.4 Å². The monoisotopic (exact) mass is 298 g/mol. The van der Waals surface area contributed by atoms with Gasteiger partial charge in [0.25, 0.3) is 0 Å².